The maximum absolute atomic E-state index is 4.60. The van der Waals surface area contributed by atoms with Gasteiger partial charge in [-0.1, -0.05) is 36.8 Å². The molecular weight excluding hydrogens is 222 g/mol. The average Bonchev–Trinajstić information content (AvgIpc) is 2.38. The Bertz CT molecular complexity index is 368. The molecule has 2 N–H and O–H groups in total. The van der Waals surface area contributed by atoms with Crippen LogP contribution < -0.4 is 10.6 Å². The number of nitrogens with one attached hydrogen (secondary N) is 2. The first-order valence-corrected chi connectivity index (χ1v) is 6.76. The maximum Gasteiger partial charge on any atom is 0.191 e. The first-order valence-electron chi connectivity index (χ1n) is 6.76. The van der Waals surface area contributed by atoms with E-state index in [1.165, 1.54) is 11.1 Å². The Morgan fingerprint density at radius 2 is 1.89 bits per heavy atom. The Morgan fingerprint density at radius 3 is 2.44 bits per heavy atom. The van der Waals surface area contributed by atoms with Crippen LogP contribution in [0.3, 0.4) is 0 Å². The summed E-state index contributed by atoms with van der Waals surface area (Å²) in [6, 6.07) is 8.96. The average molecular weight is 247 g/mol. The molecule has 0 saturated carbocycles. The third-order valence-electron chi connectivity index (χ3n) is 2.88. The van der Waals surface area contributed by atoms with Crippen LogP contribution in [0.1, 0.15) is 38.3 Å². The van der Waals surface area contributed by atoms with Crippen molar-refractivity contribution in [3.63, 3.8) is 0 Å². The van der Waals surface area contributed by atoms with Gasteiger partial charge in [-0.2, -0.15) is 0 Å². The number of rotatable bonds is 5. The normalized spacial score (nSPS) is 13.2. The van der Waals surface area contributed by atoms with Crippen LogP contribution in [0.5, 0.6) is 0 Å². The fraction of sp³-hybridized carbons (Fsp3) is 0.533. The van der Waals surface area contributed by atoms with Gasteiger partial charge in [0.25, 0.3) is 0 Å². The molecule has 1 aromatic rings. The second kappa shape index (κ2) is 7.75. The zero-order valence-electron chi connectivity index (χ0n) is 12.0. The van der Waals surface area contributed by atoms with E-state index in [9.17, 15) is 0 Å². The lowest BCUT2D eigenvalue weighted by Gasteiger charge is -2.16. The molecule has 100 valence electrons. The van der Waals surface area contributed by atoms with E-state index in [0.717, 1.165) is 18.9 Å². The molecule has 0 aliphatic carbocycles. The Morgan fingerprint density at radius 1 is 1.22 bits per heavy atom. The molecule has 18 heavy (non-hydrogen) atoms. The summed E-state index contributed by atoms with van der Waals surface area (Å²) in [6.07, 6.45) is 1.09. The highest BCUT2D eigenvalue weighted by Crippen LogP contribution is 2.04. The fourth-order valence-electron chi connectivity index (χ4n) is 1.52. The number of nitrogens with zero attached hydrogens (tertiary/aromatic N) is 1. The summed E-state index contributed by atoms with van der Waals surface area (Å²) in [5.41, 5.74) is 2.52. The fourth-order valence-corrected chi connectivity index (χ4v) is 1.52. The summed E-state index contributed by atoms with van der Waals surface area (Å²) in [4.78, 5) is 4.60. The molecule has 0 heterocycles. The number of aryl methyl sites for hydroxylation is 1. The molecule has 1 rings (SSSR count). The molecule has 3 heteroatoms. The summed E-state index contributed by atoms with van der Waals surface area (Å²) in [7, 11) is 0. The van der Waals surface area contributed by atoms with Gasteiger partial charge in [0.15, 0.2) is 5.96 Å². The second-order valence-electron chi connectivity index (χ2n) is 4.63. The molecule has 1 atom stereocenters. The number of aliphatic imine (C=N–C) groups is 1. The van der Waals surface area contributed by atoms with Gasteiger partial charge in [-0.3, -0.25) is 0 Å². The molecular formula is C15H25N3. The first-order chi connectivity index (χ1) is 8.65. The van der Waals surface area contributed by atoms with E-state index in [1.54, 1.807) is 0 Å². The highest BCUT2D eigenvalue weighted by Gasteiger charge is 2.02. The summed E-state index contributed by atoms with van der Waals surface area (Å²) < 4.78 is 0. The molecule has 0 fully saturated rings. The van der Waals surface area contributed by atoms with Crippen molar-refractivity contribution in [2.45, 2.75) is 46.7 Å². The van der Waals surface area contributed by atoms with Gasteiger partial charge in [0.2, 0.25) is 0 Å². The lowest BCUT2D eigenvalue weighted by atomic mass is 10.1. The monoisotopic (exact) mass is 247 g/mol. The minimum absolute atomic E-state index is 0.445. The second-order valence-corrected chi connectivity index (χ2v) is 4.63. The molecule has 1 unspecified atom stereocenters. The SMILES string of the molecule is CCNC(=NCc1ccc(C)cc1)NC(C)CC. The van der Waals surface area contributed by atoms with Crippen LogP contribution in [0.15, 0.2) is 29.3 Å². The summed E-state index contributed by atoms with van der Waals surface area (Å²) in [5, 5.41) is 6.66. The van der Waals surface area contributed by atoms with Crippen LogP contribution in [0.4, 0.5) is 0 Å². The Hall–Kier alpha value is -1.51. The van der Waals surface area contributed by atoms with E-state index in [1.807, 2.05) is 0 Å². The van der Waals surface area contributed by atoms with Crippen molar-refractivity contribution in [3.8, 4) is 0 Å². The summed E-state index contributed by atoms with van der Waals surface area (Å²) in [5.74, 6) is 0.896. The van der Waals surface area contributed by atoms with Crippen LogP contribution in [-0.4, -0.2) is 18.5 Å². The third-order valence-corrected chi connectivity index (χ3v) is 2.88. The quantitative estimate of drug-likeness (QED) is 0.620. The van der Waals surface area contributed by atoms with Crippen molar-refractivity contribution in [1.82, 2.24) is 10.6 Å². The molecule has 0 aromatic heterocycles. The topological polar surface area (TPSA) is 36.4 Å². The van der Waals surface area contributed by atoms with Gasteiger partial charge < -0.3 is 10.6 Å². The zero-order chi connectivity index (χ0) is 13.4. The van der Waals surface area contributed by atoms with Crippen molar-refractivity contribution < 1.29 is 0 Å². The van der Waals surface area contributed by atoms with Crippen LogP contribution in [0.25, 0.3) is 0 Å². The van der Waals surface area contributed by atoms with E-state index in [0.29, 0.717) is 12.6 Å². The van der Waals surface area contributed by atoms with Crippen molar-refractivity contribution >= 4 is 5.96 Å². The van der Waals surface area contributed by atoms with Crippen LogP contribution in [0, 0.1) is 6.92 Å². The first kappa shape index (κ1) is 14.6. The van der Waals surface area contributed by atoms with Crippen molar-refractivity contribution in [3.05, 3.63) is 35.4 Å². The van der Waals surface area contributed by atoms with E-state index in [2.05, 4.69) is 67.6 Å². The summed E-state index contributed by atoms with van der Waals surface area (Å²) >= 11 is 0. The molecule has 0 amide bonds. The lowest BCUT2D eigenvalue weighted by molar-refractivity contribution is 0.624. The van der Waals surface area contributed by atoms with Gasteiger partial charge in [0.05, 0.1) is 6.54 Å². The van der Waals surface area contributed by atoms with Crippen LogP contribution >= 0.6 is 0 Å². The summed E-state index contributed by atoms with van der Waals surface area (Å²) in [6.45, 7) is 10.1. The largest absolute Gasteiger partial charge is 0.357 e. The molecule has 0 bridgehead atoms. The molecule has 0 radical (unpaired) electrons. The number of hydrogen-bond donors (Lipinski definition) is 2. The van der Waals surface area contributed by atoms with Crippen molar-refractivity contribution in [2.24, 2.45) is 4.99 Å². The minimum atomic E-state index is 0.445. The standard InChI is InChI=1S/C15H25N3/c1-5-13(4)18-15(16-6-2)17-11-14-9-7-12(3)8-10-14/h7-10,13H,5-6,11H2,1-4H3,(H2,16,17,18). The Balaban J connectivity index is 2.61. The van der Waals surface area contributed by atoms with Crippen molar-refractivity contribution in [1.29, 1.82) is 0 Å². The highest BCUT2D eigenvalue weighted by atomic mass is 15.2. The van der Waals surface area contributed by atoms with Gasteiger partial charge in [-0.25, -0.2) is 4.99 Å². The minimum Gasteiger partial charge on any atom is -0.357 e. The number of benzene rings is 1. The zero-order valence-corrected chi connectivity index (χ0v) is 12.0. The van der Waals surface area contributed by atoms with Gasteiger partial charge in [0.1, 0.15) is 0 Å². The van der Waals surface area contributed by atoms with E-state index in [4.69, 9.17) is 0 Å². The predicted molar refractivity (Wildman–Crippen MR) is 78.9 cm³/mol. The van der Waals surface area contributed by atoms with Gasteiger partial charge in [-0.05, 0) is 32.8 Å². The highest BCUT2D eigenvalue weighted by molar-refractivity contribution is 5.80. The number of guanidine groups is 1. The van der Waals surface area contributed by atoms with Crippen molar-refractivity contribution in [2.75, 3.05) is 6.54 Å². The number of hydrogen-bond acceptors (Lipinski definition) is 1. The van der Waals surface area contributed by atoms with Crippen LogP contribution in [-0.2, 0) is 6.54 Å². The van der Waals surface area contributed by atoms with E-state index in [-0.39, 0.29) is 0 Å². The van der Waals surface area contributed by atoms with Gasteiger partial charge in [-0.15, -0.1) is 0 Å². The Kier molecular flexibility index (Phi) is 6.26. The molecule has 0 saturated heterocycles. The molecule has 1 aromatic carbocycles. The molecule has 0 spiro atoms. The Labute approximate surface area is 111 Å². The van der Waals surface area contributed by atoms with Crippen LogP contribution in [0.2, 0.25) is 0 Å². The van der Waals surface area contributed by atoms with E-state index >= 15 is 0 Å². The molecule has 3 nitrogen and oxygen atoms in total. The van der Waals surface area contributed by atoms with Gasteiger partial charge in [0, 0.05) is 12.6 Å². The maximum atomic E-state index is 4.60. The smallest absolute Gasteiger partial charge is 0.191 e. The van der Waals surface area contributed by atoms with E-state index < -0.39 is 0 Å². The van der Waals surface area contributed by atoms with Gasteiger partial charge >= 0.3 is 0 Å². The lowest BCUT2D eigenvalue weighted by Crippen LogP contribution is -2.41. The predicted octanol–water partition coefficient (Wildman–Crippen LogP) is 2.85. The molecule has 0 aliphatic heterocycles. The third kappa shape index (κ3) is 5.21. The molecule has 0 aliphatic rings.